The molecule has 0 aliphatic carbocycles. The van der Waals surface area contributed by atoms with E-state index in [1.807, 2.05) is 19.2 Å². The minimum atomic E-state index is 0.345. The molecular formula is C10H16N4. The number of aryl methyl sites for hydroxylation is 1. The van der Waals surface area contributed by atoms with Crippen molar-refractivity contribution < 1.29 is 0 Å². The predicted molar refractivity (Wildman–Crippen MR) is 54.6 cm³/mol. The van der Waals surface area contributed by atoms with Crippen LogP contribution >= 0.6 is 0 Å². The molecule has 1 aromatic rings. The monoisotopic (exact) mass is 192 g/mol. The lowest BCUT2D eigenvalue weighted by Crippen LogP contribution is -2.26. The van der Waals surface area contributed by atoms with Gasteiger partial charge in [-0.3, -0.25) is 4.90 Å². The number of likely N-dealkylation sites (tertiary alicyclic amines) is 1. The van der Waals surface area contributed by atoms with Crippen LogP contribution in [0.3, 0.4) is 0 Å². The van der Waals surface area contributed by atoms with Gasteiger partial charge in [-0.2, -0.15) is 0 Å². The Morgan fingerprint density at radius 1 is 1.64 bits per heavy atom. The fourth-order valence-electron chi connectivity index (χ4n) is 1.83. The molecule has 0 radical (unpaired) electrons. The van der Waals surface area contributed by atoms with Gasteiger partial charge < -0.3 is 5.73 Å². The zero-order valence-corrected chi connectivity index (χ0v) is 8.48. The molecule has 2 heterocycles. The van der Waals surface area contributed by atoms with Crippen LogP contribution in [0.25, 0.3) is 0 Å². The first-order valence-electron chi connectivity index (χ1n) is 5.00. The van der Waals surface area contributed by atoms with Crippen molar-refractivity contribution in [2.45, 2.75) is 25.9 Å². The van der Waals surface area contributed by atoms with Crippen LogP contribution < -0.4 is 5.73 Å². The van der Waals surface area contributed by atoms with E-state index in [9.17, 15) is 0 Å². The molecule has 1 saturated heterocycles. The lowest BCUT2D eigenvalue weighted by atomic mass is 10.3. The van der Waals surface area contributed by atoms with Gasteiger partial charge in [0.1, 0.15) is 5.82 Å². The highest BCUT2D eigenvalue weighted by Gasteiger charge is 2.19. The SMILES string of the molecule is Cc1nccc(CN2CCC(N)C2)n1. The Labute approximate surface area is 84.2 Å². The number of aromatic nitrogens is 2. The maximum absolute atomic E-state index is 5.83. The van der Waals surface area contributed by atoms with Crippen molar-refractivity contribution in [2.24, 2.45) is 5.73 Å². The first-order chi connectivity index (χ1) is 6.74. The summed E-state index contributed by atoms with van der Waals surface area (Å²) in [5, 5.41) is 0. The van der Waals surface area contributed by atoms with Gasteiger partial charge in [-0.15, -0.1) is 0 Å². The van der Waals surface area contributed by atoms with Crippen molar-refractivity contribution in [1.29, 1.82) is 0 Å². The van der Waals surface area contributed by atoms with Crippen LogP contribution in [-0.4, -0.2) is 34.0 Å². The molecule has 1 aromatic heterocycles. The van der Waals surface area contributed by atoms with E-state index in [0.717, 1.165) is 37.6 Å². The predicted octanol–water partition coefficient (Wildman–Crippen LogP) is 0.318. The second kappa shape index (κ2) is 4.02. The van der Waals surface area contributed by atoms with Crippen LogP contribution in [0.1, 0.15) is 17.9 Å². The quantitative estimate of drug-likeness (QED) is 0.733. The van der Waals surface area contributed by atoms with Gasteiger partial charge in [-0.05, 0) is 19.4 Å². The molecule has 4 nitrogen and oxygen atoms in total. The summed E-state index contributed by atoms with van der Waals surface area (Å²) in [5.41, 5.74) is 6.92. The molecule has 1 atom stereocenters. The number of hydrogen-bond donors (Lipinski definition) is 1. The third-order valence-corrected chi connectivity index (χ3v) is 2.53. The Morgan fingerprint density at radius 2 is 2.50 bits per heavy atom. The van der Waals surface area contributed by atoms with E-state index < -0.39 is 0 Å². The highest BCUT2D eigenvalue weighted by atomic mass is 15.2. The van der Waals surface area contributed by atoms with E-state index in [2.05, 4.69) is 14.9 Å². The summed E-state index contributed by atoms with van der Waals surface area (Å²) >= 11 is 0. The molecular weight excluding hydrogens is 176 g/mol. The number of rotatable bonds is 2. The van der Waals surface area contributed by atoms with Crippen LogP contribution in [0.15, 0.2) is 12.3 Å². The summed E-state index contributed by atoms with van der Waals surface area (Å²) in [6.45, 7) is 4.89. The maximum Gasteiger partial charge on any atom is 0.125 e. The van der Waals surface area contributed by atoms with Gasteiger partial charge in [0.2, 0.25) is 0 Å². The average Bonchev–Trinajstić information content (AvgIpc) is 2.51. The summed E-state index contributed by atoms with van der Waals surface area (Å²) in [5.74, 6) is 0.839. The number of nitrogens with zero attached hydrogens (tertiary/aromatic N) is 3. The topological polar surface area (TPSA) is 55.0 Å². The second-order valence-electron chi connectivity index (χ2n) is 3.88. The molecule has 0 spiro atoms. The molecule has 4 heteroatoms. The fraction of sp³-hybridized carbons (Fsp3) is 0.600. The van der Waals surface area contributed by atoms with E-state index in [1.165, 1.54) is 0 Å². The van der Waals surface area contributed by atoms with Gasteiger partial charge in [0.15, 0.2) is 0 Å². The maximum atomic E-state index is 5.83. The van der Waals surface area contributed by atoms with Crippen LogP contribution in [0.5, 0.6) is 0 Å². The van der Waals surface area contributed by atoms with Crippen molar-refractivity contribution in [2.75, 3.05) is 13.1 Å². The summed E-state index contributed by atoms with van der Waals surface area (Å²) in [6, 6.07) is 2.31. The molecule has 1 aliphatic heterocycles. The molecule has 76 valence electrons. The third kappa shape index (κ3) is 2.27. The smallest absolute Gasteiger partial charge is 0.125 e. The van der Waals surface area contributed by atoms with E-state index >= 15 is 0 Å². The summed E-state index contributed by atoms with van der Waals surface area (Å²) in [4.78, 5) is 10.8. The van der Waals surface area contributed by atoms with E-state index in [-0.39, 0.29) is 0 Å². The van der Waals surface area contributed by atoms with Crippen molar-refractivity contribution in [1.82, 2.24) is 14.9 Å². The first kappa shape index (κ1) is 9.55. The Balaban J connectivity index is 1.97. The molecule has 1 aliphatic rings. The van der Waals surface area contributed by atoms with E-state index in [0.29, 0.717) is 6.04 Å². The largest absolute Gasteiger partial charge is 0.326 e. The highest BCUT2D eigenvalue weighted by molar-refractivity contribution is 5.02. The van der Waals surface area contributed by atoms with Gasteiger partial charge in [-0.1, -0.05) is 0 Å². The second-order valence-corrected chi connectivity index (χ2v) is 3.88. The normalized spacial score (nSPS) is 22.9. The van der Waals surface area contributed by atoms with Crippen molar-refractivity contribution >= 4 is 0 Å². The van der Waals surface area contributed by atoms with Crippen LogP contribution in [0.2, 0.25) is 0 Å². The van der Waals surface area contributed by atoms with E-state index in [4.69, 9.17) is 5.73 Å². The summed E-state index contributed by atoms with van der Waals surface area (Å²) < 4.78 is 0. The Kier molecular flexibility index (Phi) is 2.74. The molecule has 0 saturated carbocycles. The third-order valence-electron chi connectivity index (χ3n) is 2.53. The van der Waals surface area contributed by atoms with Gasteiger partial charge in [0.05, 0.1) is 5.69 Å². The highest BCUT2D eigenvalue weighted by Crippen LogP contribution is 2.10. The van der Waals surface area contributed by atoms with Crippen molar-refractivity contribution in [3.05, 3.63) is 23.8 Å². The van der Waals surface area contributed by atoms with Crippen molar-refractivity contribution in [3.8, 4) is 0 Å². The first-order valence-corrected chi connectivity index (χ1v) is 5.00. The van der Waals surface area contributed by atoms with E-state index in [1.54, 1.807) is 0 Å². The molecule has 14 heavy (non-hydrogen) atoms. The Bertz CT molecular complexity index is 313. The molecule has 2 N–H and O–H groups in total. The standard InChI is InChI=1S/C10H16N4/c1-8-12-4-2-10(13-8)7-14-5-3-9(11)6-14/h2,4,9H,3,5-7,11H2,1H3. The lowest BCUT2D eigenvalue weighted by Gasteiger charge is -2.14. The lowest BCUT2D eigenvalue weighted by molar-refractivity contribution is 0.322. The summed E-state index contributed by atoms with van der Waals surface area (Å²) in [6.07, 6.45) is 2.91. The molecule has 0 aromatic carbocycles. The minimum Gasteiger partial charge on any atom is -0.326 e. The van der Waals surface area contributed by atoms with Gasteiger partial charge in [0, 0.05) is 31.9 Å². The number of nitrogens with two attached hydrogens (primary N) is 1. The zero-order chi connectivity index (χ0) is 9.97. The van der Waals surface area contributed by atoms with Crippen molar-refractivity contribution in [3.63, 3.8) is 0 Å². The van der Waals surface area contributed by atoms with Crippen LogP contribution in [0.4, 0.5) is 0 Å². The summed E-state index contributed by atoms with van der Waals surface area (Å²) in [7, 11) is 0. The molecule has 1 fully saturated rings. The molecule has 1 unspecified atom stereocenters. The van der Waals surface area contributed by atoms with Gasteiger partial charge in [-0.25, -0.2) is 9.97 Å². The van der Waals surface area contributed by atoms with Gasteiger partial charge >= 0.3 is 0 Å². The fourth-order valence-corrected chi connectivity index (χ4v) is 1.83. The number of hydrogen-bond acceptors (Lipinski definition) is 4. The molecule has 0 bridgehead atoms. The zero-order valence-electron chi connectivity index (χ0n) is 8.48. The minimum absolute atomic E-state index is 0.345. The molecule has 2 rings (SSSR count). The van der Waals surface area contributed by atoms with Crippen LogP contribution in [-0.2, 0) is 6.54 Å². The molecule has 0 amide bonds. The Morgan fingerprint density at radius 3 is 3.14 bits per heavy atom. The average molecular weight is 192 g/mol. The van der Waals surface area contributed by atoms with Gasteiger partial charge in [0.25, 0.3) is 0 Å². The Hall–Kier alpha value is -1.00. The van der Waals surface area contributed by atoms with Crippen LogP contribution in [0, 0.1) is 6.92 Å².